The number of rotatable bonds is 1. The molecular weight excluding hydrogens is 431 g/mol. The molecule has 2 nitrogen and oxygen atoms in total. The van der Waals surface area contributed by atoms with Gasteiger partial charge in [-0.1, -0.05) is 12.1 Å². The Morgan fingerprint density at radius 1 is 1.31 bits per heavy atom. The average Bonchev–Trinajstić information content (AvgIpc) is 2.03. The molecule has 0 fully saturated rings. The van der Waals surface area contributed by atoms with E-state index >= 15 is 0 Å². The van der Waals surface area contributed by atoms with E-state index in [1.165, 1.54) is 12.1 Å². The fourth-order valence-corrected chi connectivity index (χ4v) is 0.598. The van der Waals surface area contributed by atoms with Gasteiger partial charge in [0.15, 0.2) is 0 Å². The van der Waals surface area contributed by atoms with Crippen molar-refractivity contribution in [2.24, 2.45) is 0 Å². The summed E-state index contributed by atoms with van der Waals surface area (Å²) in [6, 6.07) is 6.19. The summed E-state index contributed by atoms with van der Waals surface area (Å²) >= 11 is -2.18. The first-order valence-corrected chi connectivity index (χ1v) is 15.9. The standard InChI is InChI=1S/C7H6O2.Bi.3ClH/c8-5-6-2-1-3-7(9)4-6;;;;/h1-5,9H;;3*1H/q;+3;;;/p-3. The number of phenolic OH excluding ortho intramolecular Hbond substituents is 1. The van der Waals surface area contributed by atoms with E-state index in [2.05, 4.69) is 0 Å². The van der Waals surface area contributed by atoms with Crippen LogP contribution in [0, 0.1) is 0 Å². The van der Waals surface area contributed by atoms with Crippen LogP contribution in [0.25, 0.3) is 0 Å². The summed E-state index contributed by atoms with van der Waals surface area (Å²) in [6.45, 7) is 0. The van der Waals surface area contributed by atoms with E-state index < -0.39 is 18.2 Å². The van der Waals surface area contributed by atoms with Gasteiger partial charge >= 0.3 is 43.7 Å². The van der Waals surface area contributed by atoms with Crippen LogP contribution in [0.15, 0.2) is 24.3 Å². The second-order valence-corrected chi connectivity index (χ2v) is 16.8. The Bertz CT molecular complexity index is 265. The number of hydrogen-bond acceptors (Lipinski definition) is 2. The van der Waals surface area contributed by atoms with E-state index in [1.807, 2.05) is 0 Å². The quantitative estimate of drug-likeness (QED) is 0.542. The third-order valence-corrected chi connectivity index (χ3v) is 1.01. The predicted molar refractivity (Wildman–Crippen MR) is 56.8 cm³/mol. The van der Waals surface area contributed by atoms with E-state index in [-0.39, 0.29) is 5.75 Å². The maximum atomic E-state index is 10.0. The van der Waals surface area contributed by atoms with Crippen LogP contribution in [-0.2, 0) is 0 Å². The van der Waals surface area contributed by atoms with Crippen molar-refractivity contribution in [3.05, 3.63) is 29.8 Å². The summed E-state index contributed by atoms with van der Waals surface area (Å²) in [7, 11) is 15.0. The number of phenols is 1. The Morgan fingerprint density at radius 2 is 1.85 bits per heavy atom. The minimum absolute atomic E-state index is 0.125. The maximum absolute atomic E-state index is 10.0. The van der Waals surface area contributed by atoms with Crippen LogP contribution >= 0.6 is 25.5 Å². The number of hydrogen-bond donors (Lipinski definition) is 1. The van der Waals surface area contributed by atoms with Crippen molar-refractivity contribution in [3.63, 3.8) is 0 Å². The van der Waals surface area contributed by atoms with Gasteiger partial charge < -0.3 is 5.11 Å². The number of aldehydes is 1. The molecule has 0 unspecified atom stereocenters. The fraction of sp³-hybridized carbons (Fsp3) is 0. The fourth-order valence-electron chi connectivity index (χ4n) is 0.598. The molecule has 0 saturated heterocycles. The van der Waals surface area contributed by atoms with E-state index in [0.717, 1.165) is 0 Å². The molecule has 0 aromatic heterocycles. The molecule has 0 bridgehead atoms. The van der Waals surface area contributed by atoms with Crippen molar-refractivity contribution in [2.75, 3.05) is 0 Å². The zero-order valence-corrected chi connectivity index (χ0v) is 12.1. The first-order chi connectivity index (χ1) is 6.06. The third kappa shape index (κ3) is 8.76. The number of halogens is 3. The molecule has 0 aliphatic rings. The average molecular weight is 437 g/mol. The molecule has 0 spiro atoms. The summed E-state index contributed by atoms with van der Waals surface area (Å²) < 4.78 is 0. The van der Waals surface area contributed by atoms with Crippen LogP contribution in [0.2, 0.25) is 0 Å². The first kappa shape index (κ1) is 13.4. The molecule has 1 aromatic rings. The number of benzene rings is 1. The summed E-state index contributed by atoms with van der Waals surface area (Å²) in [5.74, 6) is 0.125. The molecule has 72 valence electrons. The number of carbonyl (C=O) groups is 1. The van der Waals surface area contributed by atoms with Crippen LogP contribution in [0.3, 0.4) is 0 Å². The third-order valence-electron chi connectivity index (χ3n) is 1.01. The molecule has 0 saturated carbocycles. The molecule has 1 rings (SSSR count). The summed E-state index contributed by atoms with van der Waals surface area (Å²) in [6.07, 6.45) is 0.694. The SMILES string of the molecule is O=Cc1cccc(O)c1.[Cl][Bi]([Cl])[Cl]. The summed E-state index contributed by atoms with van der Waals surface area (Å²) in [4.78, 5) is 10.0. The molecule has 0 amide bonds. The molecule has 0 atom stereocenters. The number of carbonyl (C=O) groups excluding carboxylic acids is 1. The Morgan fingerprint density at radius 3 is 2.15 bits per heavy atom. The molecule has 0 heterocycles. The topological polar surface area (TPSA) is 37.3 Å². The minimum atomic E-state index is -2.18. The Kier molecular flexibility index (Phi) is 8.08. The van der Waals surface area contributed by atoms with Crippen LogP contribution < -0.4 is 0 Å². The predicted octanol–water partition coefficient (Wildman–Crippen LogP) is 2.89. The van der Waals surface area contributed by atoms with Crippen molar-refractivity contribution in [1.82, 2.24) is 0 Å². The molecule has 13 heavy (non-hydrogen) atoms. The van der Waals surface area contributed by atoms with Crippen molar-refractivity contribution >= 4 is 50.0 Å². The normalized spacial score (nSPS) is 8.92. The molecule has 0 radical (unpaired) electrons. The zero-order chi connectivity index (χ0) is 10.3. The Balaban J connectivity index is 0.000000310. The van der Waals surface area contributed by atoms with Gasteiger partial charge in [-0.15, -0.1) is 0 Å². The molecule has 0 aliphatic carbocycles. The monoisotopic (exact) mass is 436 g/mol. The first-order valence-electron chi connectivity index (χ1n) is 3.08. The van der Waals surface area contributed by atoms with Gasteiger partial charge in [0.1, 0.15) is 12.0 Å². The van der Waals surface area contributed by atoms with E-state index in [9.17, 15) is 4.79 Å². The molecular formula is C7H6BiCl3O2. The van der Waals surface area contributed by atoms with Gasteiger partial charge in [-0.2, -0.15) is 0 Å². The second kappa shape index (κ2) is 7.81. The summed E-state index contributed by atoms with van der Waals surface area (Å²) in [5.41, 5.74) is 0.495. The van der Waals surface area contributed by atoms with Gasteiger partial charge in [0.2, 0.25) is 0 Å². The van der Waals surface area contributed by atoms with Crippen molar-refractivity contribution in [3.8, 4) is 5.75 Å². The second-order valence-electron chi connectivity index (χ2n) is 1.90. The van der Waals surface area contributed by atoms with Gasteiger partial charge in [-0.05, 0) is 12.1 Å². The van der Waals surface area contributed by atoms with Crippen molar-refractivity contribution in [1.29, 1.82) is 0 Å². The van der Waals surface area contributed by atoms with Crippen LogP contribution in [0.1, 0.15) is 10.4 Å². The summed E-state index contributed by atoms with van der Waals surface area (Å²) in [5, 5.41) is 8.79. The van der Waals surface area contributed by atoms with Gasteiger partial charge in [0, 0.05) is 5.56 Å². The molecule has 1 aromatic carbocycles. The van der Waals surface area contributed by atoms with E-state index in [0.29, 0.717) is 11.8 Å². The van der Waals surface area contributed by atoms with Gasteiger partial charge in [0.25, 0.3) is 0 Å². The number of aromatic hydroxyl groups is 1. The van der Waals surface area contributed by atoms with Gasteiger partial charge in [-0.3, -0.25) is 4.79 Å². The molecule has 6 heteroatoms. The zero-order valence-electron chi connectivity index (χ0n) is 6.32. The van der Waals surface area contributed by atoms with Crippen LogP contribution in [0.4, 0.5) is 0 Å². The van der Waals surface area contributed by atoms with Crippen LogP contribution in [0.5, 0.6) is 5.75 Å². The van der Waals surface area contributed by atoms with Crippen molar-refractivity contribution < 1.29 is 9.90 Å². The van der Waals surface area contributed by atoms with E-state index in [4.69, 9.17) is 30.6 Å². The molecule has 0 aliphatic heterocycles. The van der Waals surface area contributed by atoms with Crippen molar-refractivity contribution in [2.45, 2.75) is 0 Å². The van der Waals surface area contributed by atoms with Gasteiger partial charge in [-0.25, -0.2) is 0 Å². The Labute approximate surface area is 94.7 Å². The van der Waals surface area contributed by atoms with Gasteiger partial charge in [0.05, 0.1) is 0 Å². The van der Waals surface area contributed by atoms with Crippen LogP contribution in [-0.4, -0.2) is 29.6 Å². The molecule has 1 N–H and O–H groups in total. The Hall–Kier alpha value is 0.443. The van der Waals surface area contributed by atoms with E-state index in [1.54, 1.807) is 12.1 Å².